The molecule has 96 valence electrons. The molecular weight excluding hydrogens is 256 g/mol. The van der Waals surface area contributed by atoms with Gasteiger partial charge in [0, 0.05) is 0 Å². The van der Waals surface area contributed by atoms with E-state index < -0.39 is 16.3 Å². The second-order valence-electron chi connectivity index (χ2n) is 3.53. The summed E-state index contributed by atoms with van der Waals surface area (Å²) in [5.41, 5.74) is 10.9. The van der Waals surface area contributed by atoms with Gasteiger partial charge >= 0.3 is 37.7 Å². The monoisotopic (exact) mass is 280 g/mol. The van der Waals surface area contributed by atoms with Gasteiger partial charge in [-0.2, -0.15) is 8.42 Å². The fourth-order valence-corrected chi connectivity index (χ4v) is 2.27. The van der Waals surface area contributed by atoms with Crippen LogP contribution in [0, 0.1) is 0 Å². The van der Waals surface area contributed by atoms with Gasteiger partial charge in [0.2, 0.25) is 0 Å². The van der Waals surface area contributed by atoms with Crippen molar-refractivity contribution >= 4 is 47.9 Å². The molecule has 7 heteroatoms. The molecule has 0 aliphatic heterocycles. The predicted octanol–water partition coefficient (Wildman–Crippen LogP) is -0.369. The van der Waals surface area contributed by atoms with Crippen molar-refractivity contribution in [2.45, 2.75) is 45.3 Å². The summed E-state index contributed by atoms with van der Waals surface area (Å²) in [6, 6.07) is 0. The fraction of sp³-hybridized carbons (Fsp3) is 1.00. The molecule has 1 atom stereocenters. The Balaban J connectivity index is 0. The van der Waals surface area contributed by atoms with Crippen LogP contribution in [-0.2, 0) is 14.3 Å². The molecule has 1 unspecified atom stereocenters. The number of rotatable bonds is 9. The summed E-state index contributed by atoms with van der Waals surface area (Å²) < 4.78 is 27.2. The minimum absolute atomic E-state index is 0. The van der Waals surface area contributed by atoms with Gasteiger partial charge in [0.25, 0.3) is 10.1 Å². The number of hydrogen-bond acceptors (Lipinski definition) is 5. The van der Waals surface area contributed by atoms with Crippen molar-refractivity contribution in [3.05, 3.63) is 0 Å². The van der Waals surface area contributed by atoms with Gasteiger partial charge in [-0.1, -0.05) is 13.3 Å². The molecule has 16 heavy (non-hydrogen) atoms. The Bertz CT molecular complexity index is 247. The summed E-state index contributed by atoms with van der Waals surface area (Å²) in [4.78, 5) is 0. The molecule has 0 aromatic carbocycles. The molecule has 0 fully saturated rings. The van der Waals surface area contributed by atoms with Crippen molar-refractivity contribution in [1.82, 2.24) is 0 Å². The molecule has 0 bridgehead atoms. The van der Waals surface area contributed by atoms with Gasteiger partial charge in [-0.15, -0.1) is 0 Å². The molecule has 5 nitrogen and oxygen atoms in total. The summed E-state index contributed by atoms with van der Waals surface area (Å²) in [6.45, 7) is 2.44. The van der Waals surface area contributed by atoms with E-state index in [1.165, 1.54) is 0 Å². The average Bonchev–Trinajstić information content (AvgIpc) is 2.11. The van der Waals surface area contributed by atoms with E-state index in [1.54, 1.807) is 6.92 Å². The summed E-state index contributed by atoms with van der Waals surface area (Å²) in [5.74, 6) is 0.0312. The van der Waals surface area contributed by atoms with E-state index in [0.29, 0.717) is 19.4 Å². The summed E-state index contributed by atoms with van der Waals surface area (Å²) >= 11 is 0. The van der Waals surface area contributed by atoms with E-state index in [4.69, 9.17) is 15.7 Å². The molecule has 0 amide bonds. The van der Waals surface area contributed by atoms with Gasteiger partial charge in [-0.05, 0) is 32.2 Å². The van der Waals surface area contributed by atoms with Crippen LogP contribution >= 0.6 is 0 Å². The molecule has 0 aromatic heterocycles. The Morgan fingerprint density at radius 2 is 1.88 bits per heavy atom. The van der Waals surface area contributed by atoms with Crippen LogP contribution in [0.1, 0.15) is 39.0 Å². The Morgan fingerprint density at radius 1 is 1.25 bits per heavy atom. The van der Waals surface area contributed by atoms with E-state index in [1.807, 2.05) is 0 Å². The maximum absolute atomic E-state index is 11.2. The molecule has 0 saturated heterocycles. The fourth-order valence-electron chi connectivity index (χ4n) is 1.20. The number of hydrogen-bond donors (Lipinski definition) is 2. The molecule has 0 aliphatic rings. The Morgan fingerprint density at radius 3 is 2.38 bits per heavy atom. The Hall–Kier alpha value is 1.09. The van der Waals surface area contributed by atoms with Crippen molar-refractivity contribution < 1.29 is 12.6 Å². The molecule has 0 heterocycles. The molecule has 0 aromatic rings. The third-order valence-corrected chi connectivity index (χ3v) is 3.37. The molecular formula is C9H24CaN2O3S. The molecule has 0 rings (SSSR count). The van der Waals surface area contributed by atoms with Gasteiger partial charge in [-0.3, -0.25) is 4.18 Å². The quantitative estimate of drug-likeness (QED) is 0.260. The molecule has 0 saturated carbocycles. The normalized spacial score (nSPS) is 13.2. The summed E-state index contributed by atoms with van der Waals surface area (Å²) in [6.07, 6.45) is 3.14. The van der Waals surface area contributed by atoms with Crippen LogP contribution in [0.3, 0.4) is 0 Å². The zero-order valence-electron chi connectivity index (χ0n) is 9.31. The van der Waals surface area contributed by atoms with Crippen LogP contribution in [0.15, 0.2) is 0 Å². The summed E-state index contributed by atoms with van der Waals surface area (Å²) in [5, 5.41) is 0. The first kappa shape index (κ1) is 19.4. The Labute approximate surface area is 128 Å². The SMILES string of the molecule is CCCS(=O)(=O)OC(N)CCCCCN.[CaH2]. The van der Waals surface area contributed by atoms with Crippen LogP contribution in [0.4, 0.5) is 0 Å². The van der Waals surface area contributed by atoms with E-state index >= 15 is 0 Å². The molecule has 0 spiro atoms. The van der Waals surface area contributed by atoms with Gasteiger partial charge in [0.1, 0.15) is 6.23 Å². The van der Waals surface area contributed by atoms with Crippen molar-refractivity contribution in [2.75, 3.05) is 12.3 Å². The van der Waals surface area contributed by atoms with Gasteiger partial charge in [0.05, 0.1) is 5.75 Å². The van der Waals surface area contributed by atoms with Crippen LogP contribution < -0.4 is 11.5 Å². The first-order valence-electron chi connectivity index (χ1n) is 5.38. The zero-order chi connectivity index (χ0) is 11.7. The first-order valence-corrected chi connectivity index (χ1v) is 6.96. The topological polar surface area (TPSA) is 95.4 Å². The van der Waals surface area contributed by atoms with Crippen LogP contribution in [0.2, 0.25) is 0 Å². The average molecular weight is 280 g/mol. The van der Waals surface area contributed by atoms with E-state index in [-0.39, 0.29) is 43.5 Å². The van der Waals surface area contributed by atoms with E-state index in [9.17, 15) is 8.42 Å². The van der Waals surface area contributed by atoms with Crippen molar-refractivity contribution in [3.63, 3.8) is 0 Å². The maximum atomic E-state index is 11.2. The first-order chi connectivity index (χ1) is 7.02. The molecule has 4 N–H and O–H groups in total. The standard InChI is InChI=1S/C9H22N2O3S.Ca.2H/c1-2-8-15(12,13)14-9(11)6-4-3-5-7-10;;;/h9H,2-8,10-11H2,1H3;;;. The van der Waals surface area contributed by atoms with Crippen molar-refractivity contribution in [1.29, 1.82) is 0 Å². The predicted molar refractivity (Wildman–Crippen MR) is 69.2 cm³/mol. The third-order valence-electron chi connectivity index (χ3n) is 1.92. The van der Waals surface area contributed by atoms with Gasteiger partial charge in [0.15, 0.2) is 0 Å². The molecule has 0 radical (unpaired) electrons. The van der Waals surface area contributed by atoms with Crippen LogP contribution in [0.25, 0.3) is 0 Å². The van der Waals surface area contributed by atoms with Crippen LogP contribution in [-0.4, -0.2) is 64.7 Å². The number of nitrogens with two attached hydrogens (primary N) is 2. The minimum atomic E-state index is -3.42. The van der Waals surface area contributed by atoms with Gasteiger partial charge in [-0.25, -0.2) is 0 Å². The summed E-state index contributed by atoms with van der Waals surface area (Å²) in [7, 11) is -3.42. The van der Waals surface area contributed by atoms with Crippen molar-refractivity contribution in [3.8, 4) is 0 Å². The zero-order valence-corrected chi connectivity index (χ0v) is 10.1. The third kappa shape index (κ3) is 11.6. The molecule has 0 aliphatic carbocycles. The van der Waals surface area contributed by atoms with Crippen LogP contribution in [0.5, 0.6) is 0 Å². The van der Waals surface area contributed by atoms with E-state index in [2.05, 4.69) is 0 Å². The number of unbranched alkanes of at least 4 members (excludes halogenated alkanes) is 2. The van der Waals surface area contributed by atoms with Crippen molar-refractivity contribution in [2.24, 2.45) is 11.5 Å². The van der Waals surface area contributed by atoms with E-state index in [0.717, 1.165) is 19.3 Å². The Kier molecular flexibility index (Phi) is 13.6. The second kappa shape index (κ2) is 11.2. The second-order valence-corrected chi connectivity index (χ2v) is 5.25. The van der Waals surface area contributed by atoms with Gasteiger partial charge < -0.3 is 11.5 Å².